The number of carbonyl (C=O) groups excluding carboxylic acids is 1. The first-order valence-corrected chi connectivity index (χ1v) is 7.44. The molecule has 0 unspecified atom stereocenters. The monoisotopic (exact) mass is 284 g/mol. The summed E-state index contributed by atoms with van der Waals surface area (Å²) in [5.41, 5.74) is 2.69. The number of hydrogen-bond donors (Lipinski definition) is 0. The molecule has 2 aromatic rings. The molecule has 1 aromatic heterocycles. The summed E-state index contributed by atoms with van der Waals surface area (Å²) >= 11 is 0. The Balaban J connectivity index is 1.68. The summed E-state index contributed by atoms with van der Waals surface area (Å²) in [7, 11) is 0. The van der Waals surface area contributed by atoms with Crippen molar-refractivity contribution in [1.29, 1.82) is 0 Å². The van der Waals surface area contributed by atoms with Crippen molar-refractivity contribution in [2.75, 3.05) is 13.1 Å². The van der Waals surface area contributed by atoms with E-state index in [2.05, 4.69) is 29.4 Å². The number of benzene rings is 1. The molecule has 1 aliphatic heterocycles. The number of likely N-dealkylation sites (tertiary alicyclic amines) is 1. The highest BCUT2D eigenvalue weighted by Crippen LogP contribution is 2.29. The lowest BCUT2D eigenvalue weighted by atomic mass is 9.89. The molecule has 1 amide bonds. The van der Waals surface area contributed by atoms with E-state index in [1.165, 1.54) is 5.56 Å². The van der Waals surface area contributed by atoms with Gasteiger partial charge in [-0.15, -0.1) is 0 Å². The van der Waals surface area contributed by atoms with Crippen LogP contribution in [0, 0.1) is 13.8 Å². The highest BCUT2D eigenvalue weighted by atomic mass is 16.5. The van der Waals surface area contributed by atoms with Crippen LogP contribution in [0.4, 0.5) is 0 Å². The normalized spacial score (nSPS) is 16.2. The lowest BCUT2D eigenvalue weighted by Crippen LogP contribution is -2.38. The van der Waals surface area contributed by atoms with Crippen molar-refractivity contribution < 1.29 is 9.32 Å². The Morgan fingerprint density at radius 2 is 1.86 bits per heavy atom. The second kappa shape index (κ2) is 5.72. The van der Waals surface area contributed by atoms with Crippen molar-refractivity contribution in [1.82, 2.24) is 10.1 Å². The highest BCUT2D eigenvalue weighted by molar-refractivity contribution is 5.96. The van der Waals surface area contributed by atoms with Gasteiger partial charge in [-0.05, 0) is 38.2 Å². The Morgan fingerprint density at radius 3 is 2.43 bits per heavy atom. The van der Waals surface area contributed by atoms with Gasteiger partial charge < -0.3 is 9.42 Å². The number of amides is 1. The van der Waals surface area contributed by atoms with Crippen LogP contribution in [-0.4, -0.2) is 29.1 Å². The van der Waals surface area contributed by atoms with Gasteiger partial charge in [-0.3, -0.25) is 4.79 Å². The first-order chi connectivity index (χ1) is 10.2. The quantitative estimate of drug-likeness (QED) is 0.850. The molecule has 1 aromatic carbocycles. The number of aryl methyl sites for hydroxylation is 2. The molecule has 2 heterocycles. The molecule has 0 aliphatic carbocycles. The molecule has 3 rings (SSSR count). The van der Waals surface area contributed by atoms with Gasteiger partial charge in [-0.2, -0.15) is 0 Å². The maximum atomic E-state index is 12.6. The van der Waals surface area contributed by atoms with Crippen molar-refractivity contribution in [3.63, 3.8) is 0 Å². The van der Waals surface area contributed by atoms with Crippen LogP contribution in [0.15, 0.2) is 34.9 Å². The van der Waals surface area contributed by atoms with E-state index in [0.717, 1.165) is 25.9 Å². The maximum Gasteiger partial charge on any atom is 0.259 e. The number of hydrogen-bond acceptors (Lipinski definition) is 3. The summed E-state index contributed by atoms with van der Waals surface area (Å²) in [6.45, 7) is 5.20. The minimum atomic E-state index is 0.0535. The van der Waals surface area contributed by atoms with E-state index in [9.17, 15) is 4.79 Å². The third-order valence-electron chi connectivity index (χ3n) is 4.30. The topological polar surface area (TPSA) is 46.3 Å². The average Bonchev–Trinajstić information content (AvgIpc) is 2.87. The van der Waals surface area contributed by atoms with Gasteiger partial charge >= 0.3 is 0 Å². The molecule has 1 fully saturated rings. The van der Waals surface area contributed by atoms with E-state index in [1.807, 2.05) is 17.9 Å². The first kappa shape index (κ1) is 13.9. The molecule has 110 valence electrons. The Hall–Kier alpha value is -2.10. The fourth-order valence-electron chi connectivity index (χ4n) is 3.09. The van der Waals surface area contributed by atoms with Gasteiger partial charge in [0, 0.05) is 13.1 Å². The number of aromatic nitrogens is 1. The van der Waals surface area contributed by atoms with E-state index < -0.39 is 0 Å². The summed E-state index contributed by atoms with van der Waals surface area (Å²) in [5.74, 6) is 1.22. The minimum Gasteiger partial charge on any atom is -0.361 e. The van der Waals surface area contributed by atoms with Gasteiger partial charge in [0.1, 0.15) is 11.3 Å². The van der Waals surface area contributed by atoms with Gasteiger partial charge in [-0.25, -0.2) is 0 Å². The molecule has 0 bridgehead atoms. The second-order valence-electron chi connectivity index (χ2n) is 5.68. The second-order valence-corrected chi connectivity index (χ2v) is 5.68. The van der Waals surface area contributed by atoms with Crippen molar-refractivity contribution in [2.45, 2.75) is 32.6 Å². The van der Waals surface area contributed by atoms with Gasteiger partial charge in [0.2, 0.25) is 0 Å². The fourth-order valence-corrected chi connectivity index (χ4v) is 3.09. The fraction of sp³-hybridized carbons (Fsp3) is 0.412. The van der Waals surface area contributed by atoms with E-state index >= 15 is 0 Å². The molecule has 1 saturated heterocycles. The third kappa shape index (κ3) is 2.71. The van der Waals surface area contributed by atoms with Crippen LogP contribution in [0.25, 0.3) is 0 Å². The predicted octanol–water partition coefficient (Wildman–Crippen LogP) is 3.31. The average molecular weight is 284 g/mol. The van der Waals surface area contributed by atoms with Gasteiger partial charge in [0.05, 0.1) is 5.69 Å². The van der Waals surface area contributed by atoms with Crippen LogP contribution in [0.1, 0.15) is 46.1 Å². The zero-order valence-electron chi connectivity index (χ0n) is 12.5. The van der Waals surface area contributed by atoms with Crippen LogP contribution in [0.3, 0.4) is 0 Å². The largest absolute Gasteiger partial charge is 0.361 e. The highest BCUT2D eigenvalue weighted by Gasteiger charge is 2.27. The first-order valence-electron chi connectivity index (χ1n) is 7.44. The maximum absolute atomic E-state index is 12.6. The standard InChI is InChI=1S/C17H20N2O2/c1-12-16(13(2)21-18-12)17(20)19-10-8-15(9-11-19)14-6-4-3-5-7-14/h3-7,15H,8-11H2,1-2H3. The zero-order chi connectivity index (χ0) is 14.8. The van der Waals surface area contributed by atoms with Gasteiger partial charge in [0.15, 0.2) is 0 Å². The lowest BCUT2D eigenvalue weighted by Gasteiger charge is -2.32. The van der Waals surface area contributed by atoms with E-state index in [-0.39, 0.29) is 5.91 Å². The molecule has 0 N–H and O–H groups in total. The number of nitrogens with zero attached hydrogens (tertiary/aromatic N) is 2. The Morgan fingerprint density at radius 1 is 1.19 bits per heavy atom. The molecule has 1 aliphatic rings. The van der Waals surface area contributed by atoms with Crippen LogP contribution >= 0.6 is 0 Å². The van der Waals surface area contributed by atoms with Gasteiger partial charge in [-0.1, -0.05) is 35.5 Å². The number of piperidine rings is 1. The molecular formula is C17H20N2O2. The molecule has 0 saturated carbocycles. The van der Waals surface area contributed by atoms with E-state index in [0.29, 0.717) is 22.9 Å². The molecule has 0 atom stereocenters. The minimum absolute atomic E-state index is 0.0535. The third-order valence-corrected chi connectivity index (χ3v) is 4.30. The van der Waals surface area contributed by atoms with Crippen molar-refractivity contribution in [2.24, 2.45) is 0 Å². The van der Waals surface area contributed by atoms with E-state index in [1.54, 1.807) is 6.92 Å². The summed E-state index contributed by atoms with van der Waals surface area (Å²) in [5, 5.41) is 3.87. The van der Waals surface area contributed by atoms with Crippen LogP contribution < -0.4 is 0 Å². The SMILES string of the molecule is Cc1noc(C)c1C(=O)N1CCC(c2ccccc2)CC1. The summed E-state index contributed by atoms with van der Waals surface area (Å²) in [4.78, 5) is 14.5. The number of carbonyl (C=O) groups is 1. The van der Waals surface area contributed by atoms with Crippen LogP contribution in [0.2, 0.25) is 0 Å². The smallest absolute Gasteiger partial charge is 0.259 e. The Kier molecular flexibility index (Phi) is 3.78. The molecular weight excluding hydrogens is 264 g/mol. The molecule has 4 heteroatoms. The lowest BCUT2D eigenvalue weighted by molar-refractivity contribution is 0.0710. The molecule has 4 nitrogen and oxygen atoms in total. The van der Waals surface area contributed by atoms with Crippen LogP contribution in [0.5, 0.6) is 0 Å². The zero-order valence-corrected chi connectivity index (χ0v) is 12.5. The van der Waals surface area contributed by atoms with E-state index in [4.69, 9.17) is 4.52 Å². The summed E-state index contributed by atoms with van der Waals surface area (Å²) < 4.78 is 5.10. The molecule has 0 radical (unpaired) electrons. The molecule has 0 spiro atoms. The Bertz CT molecular complexity index is 606. The van der Waals surface area contributed by atoms with Crippen molar-refractivity contribution in [3.8, 4) is 0 Å². The van der Waals surface area contributed by atoms with Gasteiger partial charge in [0.25, 0.3) is 5.91 Å². The van der Waals surface area contributed by atoms with Crippen LogP contribution in [-0.2, 0) is 0 Å². The Labute approximate surface area is 124 Å². The summed E-state index contributed by atoms with van der Waals surface area (Å²) in [6.07, 6.45) is 2.03. The predicted molar refractivity (Wildman–Crippen MR) is 80.3 cm³/mol. The van der Waals surface area contributed by atoms with Crippen molar-refractivity contribution >= 4 is 5.91 Å². The number of rotatable bonds is 2. The molecule has 21 heavy (non-hydrogen) atoms. The summed E-state index contributed by atoms with van der Waals surface area (Å²) in [6, 6.07) is 10.6. The van der Waals surface area contributed by atoms with Crippen molar-refractivity contribution in [3.05, 3.63) is 52.9 Å².